The lowest BCUT2D eigenvalue weighted by atomic mass is 10.0. The number of carbonyl (C=O) groups is 1. The van der Waals surface area contributed by atoms with Crippen LogP contribution in [0.25, 0.3) is 0 Å². The van der Waals surface area contributed by atoms with Crippen molar-refractivity contribution < 1.29 is 23.4 Å². The minimum Gasteiger partial charge on any atom is -0.496 e. The van der Waals surface area contributed by atoms with Crippen LogP contribution in [-0.4, -0.2) is 26.1 Å². The molecule has 4 nitrogen and oxygen atoms in total. The normalized spacial score (nSPS) is 12.9. The molecule has 0 N–H and O–H groups in total. The maximum atomic E-state index is 13.4. The van der Waals surface area contributed by atoms with Gasteiger partial charge in [0.05, 0.1) is 12.7 Å². The van der Waals surface area contributed by atoms with Gasteiger partial charge in [0, 0.05) is 5.56 Å². The number of rotatable bonds is 3. The van der Waals surface area contributed by atoms with E-state index >= 15 is 0 Å². The van der Waals surface area contributed by atoms with E-state index < -0.39 is 5.82 Å². The van der Waals surface area contributed by atoms with Crippen molar-refractivity contribution in [3.63, 3.8) is 0 Å². The van der Waals surface area contributed by atoms with Crippen molar-refractivity contribution in [2.75, 3.05) is 20.3 Å². The molecule has 0 aliphatic carbocycles. The first kappa shape index (κ1) is 13.4. The van der Waals surface area contributed by atoms with Crippen LogP contribution in [0.15, 0.2) is 36.4 Å². The van der Waals surface area contributed by atoms with Gasteiger partial charge in [0.15, 0.2) is 17.3 Å². The molecule has 21 heavy (non-hydrogen) atoms. The molecule has 2 aromatic carbocycles. The quantitative estimate of drug-likeness (QED) is 0.815. The number of ether oxygens (including phenoxy) is 3. The van der Waals surface area contributed by atoms with E-state index in [1.165, 1.54) is 19.2 Å². The number of ketones is 1. The van der Waals surface area contributed by atoms with Gasteiger partial charge < -0.3 is 14.2 Å². The summed E-state index contributed by atoms with van der Waals surface area (Å²) in [5.41, 5.74) is 0.567. The van der Waals surface area contributed by atoms with Gasteiger partial charge in [-0.3, -0.25) is 4.79 Å². The van der Waals surface area contributed by atoms with E-state index in [0.29, 0.717) is 36.0 Å². The molecule has 0 radical (unpaired) electrons. The smallest absolute Gasteiger partial charge is 0.196 e. The fourth-order valence-electron chi connectivity index (χ4n) is 2.20. The Bertz CT molecular complexity index is 697. The van der Waals surface area contributed by atoms with Crippen LogP contribution in [-0.2, 0) is 0 Å². The van der Waals surface area contributed by atoms with Crippen molar-refractivity contribution in [3.8, 4) is 17.2 Å². The van der Waals surface area contributed by atoms with Gasteiger partial charge >= 0.3 is 0 Å². The maximum absolute atomic E-state index is 13.4. The van der Waals surface area contributed by atoms with E-state index in [-0.39, 0.29) is 11.3 Å². The number of hydrogen-bond acceptors (Lipinski definition) is 4. The second kappa shape index (κ2) is 5.44. The molecule has 108 valence electrons. The summed E-state index contributed by atoms with van der Waals surface area (Å²) in [6.45, 7) is 0.923. The van der Waals surface area contributed by atoms with Gasteiger partial charge in [-0.05, 0) is 36.4 Å². The van der Waals surface area contributed by atoms with Gasteiger partial charge in [-0.25, -0.2) is 4.39 Å². The number of carbonyl (C=O) groups excluding carboxylic acids is 1. The summed E-state index contributed by atoms with van der Waals surface area (Å²) in [5, 5.41) is 0. The molecular weight excluding hydrogens is 275 g/mol. The Morgan fingerprint density at radius 3 is 2.62 bits per heavy atom. The summed E-state index contributed by atoms with van der Waals surface area (Å²) >= 11 is 0. The number of benzene rings is 2. The van der Waals surface area contributed by atoms with Gasteiger partial charge in [0.25, 0.3) is 0 Å². The Kier molecular flexibility index (Phi) is 3.48. The molecule has 1 aliphatic heterocycles. The Morgan fingerprint density at radius 2 is 1.86 bits per heavy atom. The molecule has 2 aromatic rings. The molecule has 0 fully saturated rings. The average Bonchev–Trinajstić information content (AvgIpc) is 2.53. The number of fused-ring (bicyclic) bond motifs is 1. The van der Waals surface area contributed by atoms with Crippen LogP contribution < -0.4 is 14.2 Å². The molecule has 0 aromatic heterocycles. The number of hydrogen-bond donors (Lipinski definition) is 0. The van der Waals surface area contributed by atoms with E-state index in [4.69, 9.17) is 14.2 Å². The van der Waals surface area contributed by atoms with Crippen LogP contribution in [0, 0.1) is 5.82 Å². The minimum atomic E-state index is -0.489. The fourth-order valence-corrected chi connectivity index (χ4v) is 2.20. The largest absolute Gasteiger partial charge is 0.496 e. The van der Waals surface area contributed by atoms with Gasteiger partial charge in [-0.2, -0.15) is 0 Å². The lowest BCUT2D eigenvalue weighted by Gasteiger charge is -2.18. The zero-order valence-electron chi connectivity index (χ0n) is 11.4. The topological polar surface area (TPSA) is 44.8 Å². The third-order valence-corrected chi connectivity index (χ3v) is 3.21. The highest BCUT2D eigenvalue weighted by Crippen LogP contribution is 2.32. The molecule has 3 rings (SSSR count). The van der Waals surface area contributed by atoms with Crippen molar-refractivity contribution in [1.29, 1.82) is 0 Å². The predicted molar refractivity (Wildman–Crippen MR) is 73.8 cm³/mol. The third-order valence-electron chi connectivity index (χ3n) is 3.21. The van der Waals surface area contributed by atoms with E-state index in [1.54, 1.807) is 18.2 Å². The van der Waals surface area contributed by atoms with Gasteiger partial charge in [0.2, 0.25) is 0 Å². The van der Waals surface area contributed by atoms with Crippen LogP contribution in [0.4, 0.5) is 4.39 Å². The van der Waals surface area contributed by atoms with Crippen molar-refractivity contribution in [2.45, 2.75) is 0 Å². The molecular formula is C16H13FO4. The lowest BCUT2D eigenvalue weighted by Crippen LogP contribution is -2.16. The van der Waals surface area contributed by atoms with Gasteiger partial charge in [-0.15, -0.1) is 0 Å². The highest BCUT2D eigenvalue weighted by Gasteiger charge is 2.19. The van der Waals surface area contributed by atoms with Gasteiger partial charge in [-0.1, -0.05) is 0 Å². The summed E-state index contributed by atoms with van der Waals surface area (Å²) in [6, 6.07) is 8.74. The average molecular weight is 288 g/mol. The Hall–Kier alpha value is -2.56. The van der Waals surface area contributed by atoms with Crippen molar-refractivity contribution in [3.05, 3.63) is 53.3 Å². The van der Waals surface area contributed by atoms with Crippen molar-refractivity contribution >= 4 is 5.78 Å². The van der Waals surface area contributed by atoms with Crippen molar-refractivity contribution in [1.82, 2.24) is 0 Å². The van der Waals surface area contributed by atoms with Crippen LogP contribution >= 0.6 is 0 Å². The van der Waals surface area contributed by atoms with E-state index in [2.05, 4.69) is 0 Å². The highest BCUT2D eigenvalue weighted by atomic mass is 19.1. The Balaban J connectivity index is 2.00. The maximum Gasteiger partial charge on any atom is 0.196 e. The summed E-state index contributed by atoms with van der Waals surface area (Å²) in [4.78, 5) is 12.5. The summed E-state index contributed by atoms with van der Waals surface area (Å²) in [5.74, 6) is 0.628. The van der Waals surface area contributed by atoms with Gasteiger partial charge in [0.1, 0.15) is 24.8 Å². The third kappa shape index (κ3) is 2.54. The molecule has 1 heterocycles. The summed E-state index contributed by atoms with van der Waals surface area (Å²) in [7, 11) is 1.44. The van der Waals surface area contributed by atoms with Crippen LogP contribution in [0.5, 0.6) is 17.2 Å². The standard InChI is InChI=1S/C16H13FO4/c1-19-13-5-3-11(17)9-12(13)16(18)10-2-4-14-15(8-10)21-7-6-20-14/h2-5,8-9H,6-7H2,1H3. The number of methoxy groups -OCH3 is 1. The first-order chi connectivity index (χ1) is 10.2. The molecule has 0 saturated carbocycles. The van der Waals surface area contributed by atoms with E-state index in [1.807, 2.05) is 0 Å². The van der Waals surface area contributed by atoms with Crippen LogP contribution in [0.1, 0.15) is 15.9 Å². The van der Waals surface area contributed by atoms with Crippen molar-refractivity contribution in [2.24, 2.45) is 0 Å². The SMILES string of the molecule is COc1ccc(F)cc1C(=O)c1ccc2c(c1)OCCO2. The van der Waals surface area contributed by atoms with Crippen LogP contribution in [0.3, 0.4) is 0 Å². The number of halogens is 1. The Labute approximate surface area is 121 Å². The zero-order chi connectivity index (χ0) is 14.8. The predicted octanol–water partition coefficient (Wildman–Crippen LogP) is 2.84. The molecule has 0 unspecified atom stereocenters. The molecule has 0 amide bonds. The van der Waals surface area contributed by atoms with Crippen LogP contribution in [0.2, 0.25) is 0 Å². The minimum absolute atomic E-state index is 0.175. The molecule has 0 atom stereocenters. The summed E-state index contributed by atoms with van der Waals surface area (Å²) in [6.07, 6.45) is 0. The lowest BCUT2D eigenvalue weighted by molar-refractivity contribution is 0.103. The van der Waals surface area contributed by atoms with E-state index in [0.717, 1.165) is 6.07 Å². The monoisotopic (exact) mass is 288 g/mol. The molecule has 0 bridgehead atoms. The second-order valence-electron chi connectivity index (χ2n) is 4.53. The molecule has 0 spiro atoms. The fraction of sp³-hybridized carbons (Fsp3) is 0.188. The first-order valence-corrected chi connectivity index (χ1v) is 6.47. The molecule has 5 heteroatoms. The first-order valence-electron chi connectivity index (χ1n) is 6.47. The molecule has 0 saturated heterocycles. The zero-order valence-corrected chi connectivity index (χ0v) is 11.4. The molecule has 1 aliphatic rings. The van der Waals surface area contributed by atoms with E-state index in [9.17, 15) is 9.18 Å². The Morgan fingerprint density at radius 1 is 1.10 bits per heavy atom. The summed E-state index contributed by atoms with van der Waals surface area (Å²) < 4.78 is 29.3. The second-order valence-corrected chi connectivity index (χ2v) is 4.53. The highest BCUT2D eigenvalue weighted by molar-refractivity contribution is 6.11.